The fourth-order valence-electron chi connectivity index (χ4n) is 3.46. The third kappa shape index (κ3) is 3.37. The minimum absolute atomic E-state index is 0.384. The van der Waals surface area contributed by atoms with Gasteiger partial charge in [-0.2, -0.15) is 5.26 Å². The van der Waals surface area contributed by atoms with Crippen LogP contribution in [0.4, 0.5) is 0 Å². The lowest BCUT2D eigenvalue weighted by atomic mass is 9.84. The van der Waals surface area contributed by atoms with Gasteiger partial charge in [0.15, 0.2) is 0 Å². The van der Waals surface area contributed by atoms with Crippen LogP contribution in [0.5, 0.6) is 5.75 Å². The summed E-state index contributed by atoms with van der Waals surface area (Å²) >= 11 is 0. The van der Waals surface area contributed by atoms with Gasteiger partial charge in [-0.05, 0) is 63.1 Å². The summed E-state index contributed by atoms with van der Waals surface area (Å²) < 4.78 is 5.26. The summed E-state index contributed by atoms with van der Waals surface area (Å²) in [5.41, 5.74) is 1.86. The van der Waals surface area contributed by atoms with E-state index in [0.717, 1.165) is 19.6 Å². The molecule has 1 aliphatic heterocycles. The van der Waals surface area contributed by atoms with E-state index >= 15 is 0 Å². The third-order valence-electron chi connectivity index (χ3n) is 4.42. The van der Waals surface area contributed by atoms with Gasteiger partial charge in [-0.25, -0.2) is 0 Å². The van der Waals surface area contributed by atoms with Crippen molar-refractivity contribution in [2.75, 3.05) is 33.8 Å². The Morgan fingerprint density at radius 1 is 1.48 bits per heavy atom. The maximum Gasteiger partial charge on any atom is 0.136 e. The molecule has 1 aromatic carbocycles. The number of methoxy groups -OCH3 is 1. The zero-order valence-electron chi connectivity index (χ0n) is 13.2. The van der Waals surface area contributed by atoms with Crippen LogP contribution in [-0.4, -0.2) is 38.7 Å². The molecule has 0 amide bonds. The lowest BCUT2D eigenvalue weighted by Crippen LogP contribution is -2.42. The molecule has 0 saturated carbocycles. The van der Waals surface area contributed by atoms with Crippen LogP contribution in [0.2, 0.25) is 0 Å². The zero-order valence-corrected chi connectivity index (χ0v) is 13.2. The van der Waals surface area contributed by atoms with E-state index in [1.807, 2.05) is 19.2 Å². The first-order chi connectivity index (χ1) is 10.2. The molecular formula is C17H25N3O. The van der Waals surface area contributed by atoms with Crippen molar-refractivity contribution >= 4 is 0 Å². The molecule has 1 aromatic rings. The lowest BCUT2D eigenvalue weighted by molar-refractivity contribution is 0.0981. The molecule has 0 radical (unpaired) electrons. The molecule has 1 saturated heterocycles. The molecule has 0 aromatic heterocycles. The number of nitrogens with zero attached hydrogens (tertiary/aromatic N) is 2. The summed E-state index contributed by atoms with van der Waals surface area (Å²) in [6, 6.07) is 8.67. The van der Waals surface area contributed by atoms with Crippen LogP contribution in [0, 0.1) is 17.2 Å². The van der Waals surface area contributed by atoms with Gasteiger partial charge in [0.05, 0.1) is 12.7 Å². The minimum Gasteiger partial charge on any atom is -0.495 e. The van der Waals surface area contributed by atoms with Crippen LogP contribution < -0.4 is 10.1 Å². The number of piperidine rings is 1. The van der Waals surface area contributed by atoms with Crippen molar-refractivity contribution in [2.45, 2.75) is 25.8 Å². The van der Waals surface area contributed by atoms with Crippen molar-refractivity contribution in [3.8, 4) is 11.8 Å². The van der Waals surface area contributed by atoms with E-state index in [2.05, 4.69) is 29.3 Å². The number of benzene rings is 1. The van der Waals surface area contributed by atoms with Crippen molar-refractivity contribution in [3.63, 3.8) is 0 Å². The second-order valence-corrected chi connectivity index (χ2v) is 5.60. The molecule has 2 atom stereocenters. The fraction of sp³-hybridized carbons (Fsp3) is 0.588. The van der Waals surface area contributed by atoms with Crippen LogP contribution in [-0.2, 0) is 0 Å². The lowest BCUT2D eigenvalue weighted by Gasteiger charge is -2.41. The van der Waals surface area contributed by atoms with E-state index in [0.29, 0.717) is 23.3 Å². The summed E-state index contributed by atoms with van der Waals surface area (Å²) in [6.07, 6.45) is 2.48. The van der Waals surface area contributed by atoms with E-state index in [4.69, 9.17) is 4.74 Å². The molecule has 0 bridgehead atoms. The van der Waals surface area contributed by atoms with Gasteiger partial charge in [0.1, 0.15) is 11.8 Å². The first-order valence-corrected chi connectivity index (χ1v) is 7.71. The van der Waals surface area contributed by atoms with Gasteiger partial charge in [-0.15, -0.1) is 0 Å². The molecule has 1 N–H and O–H groups in total. The number of hydrogen-bond acceptors (Lipinski definition) is 4. The molecule has 0 aliphatic carbocycles. The third-order valence-corrected chi connectivity index (χ3v) is 4.42. The SMILES string of the molecule is CCN1CCCC(CNC)C1c1ccc(OC)c(C#N)c1. The van der Waals surface area contributed by atoms with E-state index < -0.39 is 0 Å². The Bertz CT molecular complexity index is 507. The standard InChI is InChI=1S/C17H25N3O/c1-4-20-9-5-6-14(12-19-2)17(20)13-7-8-16(21-3)15(10-13)11-18/h7-8,10,14,17,19H,4-6,9,12H2,1-3H3. The van der Waals surface area contributed by atoms with Gasteiger partial charge in [0, 0.05) is 6.04 Å². The van der Waals surface area contributed by atoms with Crippen molar-refractivity contribution in [3.05, 3.63) is 29.3 Å². The first kappa shape index (κ1) is 15.8. The molecule has 0 spiro atoms. The summed E-state index contributed by atoms with van der Waals surface area (Å²) in [7, 11) is 3.62. The second kappa shape index (κ2) is 7.44. The van der Waals surface area contributed by atoms with Gasteiger partial charge in [-0.3, -0.25) is 4.90 Å². The quantitative estimate of drug-likeness (QED) is 0.904. The van der Waals surface area contributed by atoms with Crippen molar-refractivity contribution < 1.29 is 4.74 Å². The summed E-state index contributed by atoms with van der Waals surface area (Å²) in [5, 5.41) is 12.6. The monoisotopic (exact) mass is 287 g/mol. The highest BCUT2D eigenvalue weighted by Gasteiger charge is 2.31. The number of rotatable bonds is 5. The molecule has 1 fully saturated rings. The Hall–Kier alpha value is -1.57. The number of nitriles is 1. The first-order valence-electron chi connectivity index (χ1n) is 7.71. The van der Waals surface area contributed by atoms with Crippen LogP contribution in [0.3, 0.4) is 0 Å². The number of likely N-dealkylation sites (tertiary alicyclic amines) is 1. The normalized spacial score (nSPS) is 22.8. The highest BCUT2D eigenvalue weighted by molar-refractivity contribution is 5.46. The molecular weight excluding hydrogens is 262 g/mol. The summed E-state index contributed by atoms with van der Waals surface area (Å²) in [5.74, 6) is 1.24. The minimum atomic E-state index is 0.384. The Balaban J connectivity index is 2.36. The van der Waals surface area contributed by atoms with Crippen LogP contribution in [0.25, 0.3) is 0 Å². The summed E-state index contributed by atoms with van der Waals surface area (Å²) in [4.78, 5) is 2.52. The largest absolute Gasteiger partial charge is 0.495 e. The maximum absolute atomic E-state index is 9.31. The number of hydrogen-bond donors (Lipinski definition) is 1. The zero-order chi connectivity index (χ0) is 15.2. The van der Waals surface area contributed by atoms with Crippen molar-refractivity contribution in [1.82, 2.24) is 10.2 Å². The van der Waals surface area contributed by atoms with E-state index in [1.54, 1.807) is 7.11 Å². The maximum atomic E-state index is 9.31. The Kier molecular flexibility index (Phi) is 5.60. The molecule has 21 heavy (non-hydrogen) atoms. The van der Waals surface area contributed by atoms with Crippen molar-refractivity contribution in [2.24, 2.45) is 5.92 Å². The average Bonchev–Trinajstić information content (AvgIpc) is 2.54. The Labute approximate surface area is 127 Å². The van der Waals surface area contributed by atoms with Gasteiger partial charge < -0.3 is 10.1 Å². The van der Waals surface area contributed by atoms with Crippen molar-refractivity contribution in [1.29, 1.82) is 5.26 Å². The second-order valence-electron chi connectivity index (χ2n) is 5.60. The molecule has 1 heterocycles. The highest BCUT2D eigenvalue weighted by Crippen LogP contribution is 2.37. The molecule has 4 nitrogen and oxygen atoms in total. The van der Waals surface area contributed by atoms with E-state index in [9.17, 15) is 5.26 Å². The van der Waals surface area contributed by atoms with Crippen LogP contribution in [0.15, 0.2) is 18.2 Å². The molecule has 1 aliphatic rings. The molecule has 2 unspecified atom stereocenters. The van der Waals surface area contributed by atoms with E-state index in [1.165, 1.54) is 18.4 Å². The molecule has 2 rings (SSSR count). The van der Waals surface area contributed by atoms with E-state index in [-0.39, 0.29) is 0 Å². The summed E-state index contributed by atoms with van der Waals surface area (Å²) in [6.45, 7) is 5.40. The smallest absolute Gasteiger partial charge is 0.136 e. The topological polar surface area (TPSA) is 48.3 Å². The fourth-order valence-corrected chi connectivity index (χ4v) is 3.46. The molecule has 114 valence electrons. The predicted octanol–water partition coefficient (Wildman–Crippen LogP) is 2.56. The highest BCUT2D eigenvalue weighted by atomic mass is 16.5. The predicted molar refractivity (Wildman–Crippen MR) is 84.3 cm³/mol. The number of nitrogens with one attached hydrogen (secondary N) is 1. The van der Waals surface area contributed by atoms with Gasteiger partial charge >= 0.3 is 0 Å². The average molecular weight is 287 g/mol. The van der Waals surface area contributed by atoms with Gasteiger partial charge in [0.2, 0.25) is 0 Å². The number of ether oxygens (including phenoxy) is 1. The Morgan fingerprint density at radius 3 is 2.90 bits per heavy atom. The molecule has 4 heteroatoms. The van der Waals surface area contributed by atoms with Crippen LogP contribution in [0.1, 0.15) is 36.9 Å². The van der Waals surface area contributed by atoms with Crippen LogP contribution >= 0.6 is 0 Å². The van der Waals surface area contributed by atoms with Gasteiger partial charge in [-0.1, -0.05) is 13.0 Å². The Morgan fingerprint density at radius 2 is 2.29 bits per heavy atom. The van der Waals surface area contributed by atoms with Gasteiger partial charge in [0.25, 0.3) is 0 Å².